The molecule has 5 nitrogen and oxygen atoms in total. The molecule has 0 aromatic carbocycles. The van der Waals surface area contributed by atoms with E-state index in [2.05, 4.69) is 10.3 Å². The second-order valence-corrected chi connectivity index (χ2v) is 6.76. The summed E-state index contributed by atoms with van der Waals surface area (Å²) in [7, 11) is 0. The molecule has 0 bridgehead atoms. The molecule has 1 aliphatic carbocycles. The van der Waals surface area contributed by atoms with E-state index in [0.717, 1.165) is 44.5 Å². The van der Waals surface area contributed by atoms with E-state index in [1.54, 1.807) is 12.3 Å². The number of nitrogens with zero attached hydrogens (tertiary/aromatic N) is 2. The molecule has 2 aromatic heterocycles. The van der Waals surface area contributed by atoms with Crippen molar-refractivity contribution in [1.82, 2.24) is 14.9 Å². The first-order chi connectivity index (χ1) is 11.8. The van der Waals surface area contributed by atoms with Crippen molar-refractivity contribution in [2.75, 3.05) is 13.2 Å². The largest absolute Gasteiger partial charge is 0.380 e. The van der Waals surface area contributed by atoms with Crippen LogP contribution in [0.5, 0.6) is 0 Å². The first kappa shape index (κ1) is 15.5. The molecule has 4 rings (SSSR count). The minimum absolute atomic E-state index is 0.0770. The van der Waals surface area contributed by atoms with E-state index < -0.39 is 0 Å². The SMILES string of the molecule is O=c1ccc2c(n1Cc1cccnc1)CCC(NC1CCOC1)C2. The number of pyridine rings is 2. The molecule has 2 unspecified atom stereocenters. The molecule has 2 aliphatic rings. The van der Waals surface area contributed by atoms with Gasteiger partial charge in [0.2, 0.25) is 0 Å². The van der Waals surface area contributed by atoms with Crippen molar-refractivity contribution in [2.24, 2.45) is 0 Å². The molecule has 2 aromatic rings. The molecule has 3 heterocycles. The van der Waals surface area contributed by atoms with Gasteiger partial charge in [-0.05, 0) is 42.9 Å². The van der Waals surface area contributed by atoms with E-state index in [9.17, 15) is 4.79 Å². The molecule has 0 radical (unpaired) electrons. The summed E-state index contributed by atoms with van der Waals surface area (Å²) in [6, 6.07) is 8.62. The maximum atomic E-state index is 12.4. The van der Waals surface area contributed by atoms with Gasteiger partial charge >= 0.3 is 0 Å². The molecule has 0 amide bonds. The van der Waals surface area contributed by atoms with Crippen LogP contribution < -0.4 is 10.9 Å². The van der Waals surface area contributed by atoms with Crippen molar-refractivity contribution in [3.8, 4) is 0 Å². The topological polar surface area (TPSA) is 56.2 Å². The Morgan fingerprint density at radius 1 is 1.25 bits per heavy atom. The van der Waals surface area contributed by atoms with Gasteiger partial charge in [0.25, 0.3) is 5.56 Å². The second kappa shape index (κ2) is 6.87. The minimum atomic E-state index is 0.0770. The van der Waals surface area contributed by atoms with E-state index in [4.69, 9.17) is 4.74 Å². The molecule has 1 fully saturated rings. The fraction of sp³-hybridized carbons (Fsp3) is 0.474. The standard InChI is InChI=1S/C19H23N3O2/c23-19-6-3-15-10-16(21-17-7-9-24-13-17)4-5-18(15)22(19)12-14-2-1-8-20-11-14/h1-3,6,8,11,16-17,21H,4-5,7,9-10,12-13H2. The maximum absolute atomic E-state index is 12.4. The van der Waals surface area contributed by atoms with Gasteiger partial charge in [-0.1, -0.05) is 12.1 Å². The lowest BCUT2D eigenvalue weighted by molar-refractivity contribution is 0.187. The van der Waals surface area contributed by atoms with Gasteiger partial charge in [-0.3, -0.25) is 9.78 Å². The van der Waals surface area contributed by atoms with Crippen LogP contribution in [0.15, 0.2) is 41.5 Å². The van der Waals surface area contributed by atoms with E-state index in [-0.39, 0.29) is 5.56 Å². The third-order valence-corrected chi connectivity index (χ3v) is 5.05. The lowest BCUT2D eigenvalue weighted by atomic mass is 9.90. The van der Waals surface area contributed by atoms with Crippen molar-refractivity contribution in [2.45, 2.75) is 44.3 Å². The van der Waals surface area contributed by atoms with Crippen LogP contribution >= 0.6 is 0 Å². The predicted molar refractivity (Wildman–Crippen MR) is 92.2 cm³/mol. The summed E-state index contributed by atoms with van der Waals surface area (Å²) in [6.45, 7) is 2.29. The monoisotopic (exact) mass is 325 g/mol. The van der Waals surface area contributed by atoms with Gasteiger partial charge in [-0.25, -0.2) is 0 Å². The average Bonchev–Trinajstić information content (AvgIpc) is 3.11. The Balaban J connectivity index is 1.54. The molecule has 126 valence electrons. The maximum Gasteiger partial charge on any atom is 0.251 e. The van der Waals surface area contributed by atoms with Crippen LogP contribution in [0.25, 0.3) is 0 Å². The van der Waals surface area contributed by atoms with Gasteiger partial charge in [0.05, 0.1) is 13.2 Å². The van der Waals surface area contributed by atoms with Crippen LogP contribution in [0.4, 0.5) is 0 Å². The van der Waals surface area contributed by atoms with Crippen LogP contribution in [0, 0.1) is 0 Å². The number of rotatable bonds is 4. The van der Waals surface area contributed by atoms with E-state index >= 15 is 0 Å². The Kier molecular flexibility index (Phi) is 4.45. The summed E-state index contributed by atoms with van der Waals surface area (Å²) in [4.78, 5) is 16.5. The molecular formula is C19H23N3O2. The zero-order valence-corrected chi connectivity index (χ0v) is 13.8. The zero-order chi connectivity index (χ0) is 16.4. The van der Waals surface area contributed by atoms with Crippen molar-refractivity contribution in [3.63, 3.8) is 0 Å². The Bertz CT molecular complexity index is 751. The molecule has 1 N–H and O–H groups in total. The lowest BCUT2D eigenvalue weighted by Gasteiger charge is -2.29. The first-order valence-corrected chi connectivity index (χ1v) is 8.74. The highest BCUT2D eigenvalue weighted by molar-refractivity contribution is 5.27. The summed E-state index contributed by atoms with van der Waals surface area (Å²) >= 11 is 0. The second-order valence-electron chi connectivity index (χ2n) is 6.76. The van der Waals surface area contributed by atoms with Gasteiger partial charge < -0.3 is 14.6 Å². The number of ether oxygens (including phenoxy) is 1. The third-order valence-electron chi connectivity index (χ3n) is 5.05. The third kappa shape index (κ3) is 3.28. The van der Waals surface area contributed by atoms with Gasteiger partial charge in [-0.2, -0.15) is 0 Å². The van der Waals surface area contributed by atoms with Crippen molar-refractivity contribution < 1.29 is 4.74 Å². The van der Waals surface area contributed by atoms with Crippen LogP contribution in [-0.2, 0) is 24.1 Å². The highest BCUT2D eigenvalue weighted by atomic mass is 16.5. The normalized spacial score (nSPS) is 23.2. The number of hydrogen-bond acceptors (Lipinski definition) is 4. The average molecular weight is 325 g/mol. The van der Waals surface area contributed by atoms with E-state index in [1.807, 2.05) is 29.0 Å². The molecule has 0 spiro atoms. The fourth-order valence-electron chi connectivity index (χ4n) is 3.81. The van der Waals surface area contributed by atoms with Gasteiger partial charge in [-0.15, -0.1) is 0 Å². The van der Waals surface area contributed by atoms with Crippen molar-refractivity contribution in [1.29, 1.82) is 0 Å². The number of nitrogens with one attached hydrogen (secondary N) is 1. The zero-order valence-electron chi connectivity index (χ0n) is 13.8. The predicted octanol–water partition coefficient (Wildman–Crippen LogP) is 1.53. The molecule has 5 heteroatoms. The number of fused-ring (bicyclic) bond motifs is 1. The van der Waals surface area contributed by atoms with Gasteiger partial charge in [0, 0.05) is 42.8 Å². The Morgan fingerprint density at radius 2 is 2.21 bits per heavy atom. The highest BCUT2D eigenvalue weighted by Crippen LogP contribution is 2.22. The molecule has 0 saturated carbocycles. The fourth-order valence-corrected chi connectivity index (χ4v) is 3.81. The summed E-state index contributed by atoms with van der Waals surface area (Å²) in [5.74, 6) is 0. The summed E-state index contributed by atoms with van der Waals surface area (Å²) in [5.41, 5.74) is 3.62. The van der Waals surface area contributed by atoms with Gasteiger partial charge in [0.15, 0.2) is 0 Å². The van der Waals surface area contributed by atoms with E-state index in [0.29, 0.717) is 18.6 Å². The smallest absolute Gasteiger partial charge is 0.251 e. The molecule has 2 atom stereocenters. The van der Waals surface area contributed by atoms with Crippen molar-refractivity contribution >= 4 is 0 Å². The Labute approximate surface area is 141 Å². The molecular weight excluding hydrogens is 302 g/mol. The Hall–Kier alpha value is -1.98. The number of aromatic nitrogens is 2. The Morgan fingerprint density at radius 3 is 3.00 bits per heavy atom. The minimum Gasteiger partial charge on any atom is -0.380 e. The van der Waals surface area contributed by atoms with Crippen LogP contribution in [0.3, 0.4) is 0 Å². The molecule has 1 aliphatic heterocycles. The first-order valence-electron chi connectivity index (χ1n) is 8.74. The quantitative estimate of drug-likeness (QED) is 0.926. The number of hydrogen-bond donors (Lipinski definition) is 1. The highest BCUT2D eigenvalue weighted by Gasteiger charge is 2.25. The molecule has 1 saturated heterocycles. The van der Waals surface area contributed by atoms with Gasteiger partial charge in [0.1, 0.15) is 0 Å². The van der Waals surface area contributed by atoms with Crippen LogP contribution in [0.1, 0.15) is 29.7 Å². The summed E-state index contributed by atoms with van der Waals surface area (Å²) in [6.07, 6.45) is 7.69. The van der Waals surface area contributed by atoms with Crippen LogP contribution in [-0.4, -0.2) is 34.8 Å². The lowest BCUT2D eigenvalue weighted by Crippen LogP contribution is -2.43. The van der Waals surface area contributed by atoms with E-state index in [1.165, 1.54) is 11.3 Å². The van der Waals surface area contributed by atoms with Crippen molar-refractivity contribution in [3.05, 3.63) is 63.8 Å². The molecule has 24 heavy (non-hydrogen) atoms. The summed E-state index contributed by atoms with van der Waals surface area (Å²) < 4.78 is 7.37. The van der Waals surface area contributed by atoms with Crippen LogP contribution in [0.2, 0.25) is 0 Å². The summed E-state index contributed by atoms with van der Waals surface area (Å²) in [5, 5.41) is 3.72.